The molecule has 0 amide bonds. The van der Waals surface area contributed by atoms with Crippen LogP contribution in [0.4, 0.5) is 0 Å². The highest BCUT2D eigenvalue weighted by Crippen LogP contribution is 2.37. The molecule has 0 bridgehead atoms. The monoisotopic (exact) mass is 338 g/mol. The molecule has 0 saturated heterocycles. The van der Waals surface area contributed by atoms with Crippen LogP contribution >= 0.6 is 0 Å². The molecule has 0 N–H and O–H groups in total. The van der Waals surface area contributed by atoms with Crippen molar-refractivity contribution in [3.05, 3.63) is 78.9 Å². The number of oxazole rings is 2. The minimum atomic E-state index is 0.527. The van der Waals surface area contributed by atoms with Gasteiger partial charge in [0.25, 0.3) is 0 Å². The molecule has 0 spiro atoms. The summed E-state index contributed by atoms with van der Waals surface area (Å²) >= 11 is 0. The van der Waals surface area contributed by atoms with Crippen LogP contribution in [0.15, 0.2) is 82.1 Å². The molecule has 0 fully saturated rings. The molecule has 4 heteroatoms. The van der Waals surface area contributed by atoms with E-state index in [-0.39, 0.29) is 0 Å². The zero-order valence-corrected chi connectivity index (χ0v) is 13.8. The molecule has 26 heavy (non-hydrogen) atoms. The Morgan fingerprint density at radius 2 is 1.31 bits per heavy atom. The van der Waals surface area contributed by atoms with Crippen molar-refractivity contribution >= 4 is 28.3 Å². The van der Waals surface area contributed by atoms with Gasteiger partial charge in [-0.1, -0.05) is 49.1 Å². The Morgan fingerprint density at radius 1 is 0.692 bits per heavy atom. The van der Waals surface area contributed by atoms with Gasteiger partial charge >= 0.3 is 0 Å². The van der Waals surface area contributed by atoms with E-state index in [0.29, 0.717) is 11.8 Å². The minimum absolute atomic E-state index is 0.527. The van der Waals surface area contributed by atoms with Gasteiger partial charge < -0.3 is 8.83 Å². The molecular formula is C22H14N2O2. The topological polar surface area (TPSA) is 52.1 Å². The van der Waals surface area contributed by atoms with Gasteiger partial charge in [-0.3, -0.25) is 0 Å². The molecule has 2 heterocycles. The fourth-order valence-corrected chi connectivity index (χ4v) is 3.12. The summed E-state index contributed by atoms with van der Waals surface area (Å²) in [5.74, 6) is 1.06. The van der Waals surface area contributed by atoms with Crippen LogP contribution in [-0.2, 0) is 0 Å². The molecular weight excluding hydrogens is 324 g/mol. The van der Waals surface area contributed by atoms with Gasteiger partial charge in [0.15, 0.2) is 11.2 Å². The highest BCUT2D eigenvalue weighted by atomic mass is 16.4. The van der Waals surface area contributed by atoms with Crippen LogP contribution in [0.5, 0.6) is 0 Å². The smallest absolute Gasteiger partial charge is 0.228 e. The molecule has 0 saturated carbocycles. The average molecular weight is 338 g/mol. The van der Waals surface area contributed by atoms with E-state index in [1.807, 2.05) is 66.7 Å². The number of rotatable bonds is 3. The van der Waals surface area contributed by atoms with Gasteiger partial charge in [-0.05, 0) is 35.9 Å². The minimum Gasteiger partial charge on any atom is -0.436 e. The van der Waals surface area contributed by atoms with Gasteiger partial charge in [-0.15, -0.1) is 0 Å². The second kappa shape index (κ2) is 5.70. The lowest BCUT2D eigenvalue weighted by molar-refractivity contribution is 0.611. The average Bonchev–Trinajstić information content (AvgIpc) is 3.31. The summed E-state index contributed by atoms with van der Waals surface area (Å²) in [6.45, 7) is 3.93. The van der Waals surface area contributed by atoms with E-state index in [2.05, 4.69) is 16.5 Å². The maximum absolute atomic E-state index is 6.00. The first-order valence-electron chi connectivity index (χ1n) is 8.31. The van der Waals surface area contributed by atoms with Crippen LogP contribution in [0.2, 0.25) is 0 Å². The standard InChI is InChI=1S/C22H14N2O2/c1-2-14-8-7-9-15(21-23-16-10-3-5-12-18(16)25-21)20(14)22-24-17-11-4-6-13-19(17)26-22/h2-13H,1H2. The first kappa shape index (κ1) is 14.7. The van der Waals surface area contributed by atoms with Crippen LogP contribution in [-0.4, -0.2) is 9.97 Å². The van der Waals surface area contributed by atoms with E-state index in [1.165, 1.54) is 0 Å². The summed E-state index contributed by atoms with van der Waals surface area (Å²) in [6, 6.07) is 21.3. The zero-order chi connectivity index (χ0) is 17.5. The molecule has 0 radical (unpaired) electrons. The summed E-state index contributed by atoms with van der Waals surface area (Å²) in [4.78, 5) is 9.28. The predicted molar refractivity (Wildman–Crippen MR) is 103 cm³/mol. The number of benzene rings is 3. The van der Waals surface area contributed by atoms with Crippen molar-refractivity contribution in [2.24, 2.45) is 0 Å². The van der Waals surface area contributed by atoms with Crippen molar-refractivity contribution in [1.29, 1.82) is 0 Å². The van der Waals surface area contributed by atoms with Gasteiger partial charge in [-0.25, -0.2) is 9.97 Å². The Labute approximate surface area is 149 Å². The Kier molecular flexibility index (Phi) is 3.22. The lowest BCUT2D eigenvalue weighted by atomic mass is 10.0. The molecule has 0 aliphatic rings. The van der Waals surface area contributed by atoms with Crippen molar-refractivity contribution in [3.63, 3.8) is 0 Å². The Morgan fingerprint density at radius 3 is 1.96 bits per heavy atom. The summed E-state index contributed by atoms with van der Waals surface area (Å²) < 4.78 is 12.0. The van der Waals surface area contributed by atoms with Crippen LogP contribution in [0, 0.1) is 0 Å². The van der Waals surface area contributed by atoms with Gasteiger partial charge in [0.2, 0.25) is 11.8 Å². The predicted octanol–water partition coefficient (Wildman–Crippen LogP) is 5.95. The largest absolute Gasteiger partial charge is 0.436 e. The van der Waals surface area contributed by atoms with E-state index < -0.39 is 0 Å². The van der Waals surface area contributed by atoms with E-state index in [0.717, 1.165) is 38.9 Å². The third-order valence-electron chi connectivity index (χ3n) is 4.35. The van der Waals surface area contributed by atoms with Crippen LogP contribution in [0.25, 0.3) is 51.2 Å². The maximum atomic E-state index is 6.00. The molecule has 2 aromatic heterocycles. The first-order valence-corrected chi connectivity index (χ1v) is 8.31. The number of nitrogens with zero attached hydrogens (tertiary/aromatic N) is 2. The number of hydrogen-bond acceptors (Lipinski definition) is 4. The number of fused-ring (bicyclic) bond motifs is 2. The highest BCUT2D eigenvalue weighted by Gasteiger charge is 2.20. The lowest BCUT2D eigenvalue weighted by Crippen LogP contribution is -1.89. The normalized spacial score (nSPS) is 11.2. The van der Waals surface area contributed by atoms with E-state index in [4.69, 9.17) is 8.83 Å². The Bertz CT molecular complexity index is 1200. The molecule has 3 aromatic carbocycles. The second-order valence-corrected chi connectivity index (χ2v) is 5.95. The van der Waals surface area contributed by atoms with Gasteiger partial charge in [0, 0.05) is 0 Å². The summed E-state index contributed by atoms with van der Waals surface area (Å²) in [5.41, 5.74) is 5.67. The highest BCUT2D eigenvalue weighted by molar-refractivity contribution is 5.88. The summed E-state index contributed by atoms with van der Waals surface area (Å²) in [6.07, 6.45) is 1.79. The number of aromatic nitrogens is 2. The van der Waals surface area contributed by atoms with E-state index in [9.17, 15) is 0 Å². The lowest BCUT2D eigenvalue weighted by Gasteiger charge is -2.07. The molecule has 5 aromatic rings. The molecule has 0 aliphatic heterocycles. The van der Waals surface area contributed by atoms with Crippen molar-refractivity contribution in [1.82, 2.24) is 9.97 Å². The Balaban J connectivity index is 1.79. The molecule has 5 rings (SSSR count). The number of hydrogen-bond donors (Lipinski definition) is 0. The zero-order valence-electron chi connectivity index (χ0n) is 13.8. The first-order chi connectivity index (χ1) is 12.8. The van der Waals surface area contributed by atoms with Gasteiger partial charge in [0.05, 0.1) is 11.1 Å². The van der Waals surface area contributed by atoms with Gasteiger partial charge in [-0.2, -0.15) is 0 Å². The third-order valence-corrected chi connectivity index (χ3v) is 4.35. The molecule has 0 atom stereocenters. The van der Waals surface area contributed by atoms with Crippen LogP contribution < -0.4 is 0 Å². The van der Waals surface area contributed by atoms with E-state index >= 15 is 0 Å². The maximum Gasteiger partial charge on any atom is 0.228 e. The summed E-state index contributed by atoms with van der Waals surface area (Å²) in [7, 11) is 0. The van der Waals surface area contributed by atoms with Crippen LogP contribution in [0.1, 0.15) is 5.56 Å². The number of para-hydroxylation sites is 4. The van der Waals surface area contributed by atoms with Crippen LogP contribution in [0.3, 0.4) is 0 Å². The van der Waals surface area contributed by atoms with Crippen molar-refractivity contribution < 1.29 is 8.83 Å². The molecule has 4 nitrogen and oxygen atoms in total. The third kappa shape index (κ3) is 2.24. The molecule has 124 valence electrons. The quantitative estimate of drug-likeness (QED) is 0.408. The Hall–Kier alpha value is -3.66. The molecule has 0 unspecified atom stereocenters. The molecule has 0 aliphatic carbocycles. The fraction of sp³-hybridized carbons (Fsp3) is 0. The van der Waals surface area contributed by atoms with Crippen molar-refractivity contribution in [2.45, 2.75) is 0 Å². The van der Waals surface area contributed by atoms with Gasteiger partial charge in [0.1, 0.15) is 11.0 Å². The summed E-state index contributed by atoms with van der Waals surface area (Å²) in [5, 5.41) is 0. The second-order valence-electron chi connectivity index (χ2n) is 5.95. The fourth-order valence-electron chi connectivity index (χ4n) is 3.12. The SMILES string of the molecule is C=Cc1cccc(-c2nc3ccccc3o2)c1-c1nc2ccccc2o1. The van der Waals surface area contributed by atoms with Crippen molar-refractivity contribution in [2.75, 3.05) is 0 Å². The van der Waals surface area contributed by atoms with E-state index in [1.54, 1.807) is 6.08 Å². The van der Waals surface area contributed by atoms with Crippen molar-refractivity contribution in [3.8, 4) is 22.9 Å².